The molecule has 0 atom stereocenters. The van der Waals surface area contributed by atoms with Gasteiger partial charge >= 0.3 is 0 Å². The van der Waals surface area contributed by atoms with Crippen molar-refractivity contribution in [1.82, 2.24) is 5.43 Å². The van der Waals surface area contributed by atoms with Crippen molar-refractivity contribution in [2.75, 3.05) is 14.1 Å². The van der Waals surface area contributed by atoms with Gasteiger partial charge in [-0.05, 0) is 6.07 Å². The Morgan fingerprint density at radius 2 is 2.13 bits per heavy atom. The molecular weight excluding hydrogens is 198 g/mol. The van der Waals surface area contributed by atoms with Crippen molar-refractivity contribution in [2.45, 2.75) is 0 Å². The maximum Gasteiger partial charge on any atom is 0.296 e. The van der Waals surface area contributed by atoms with Crippen LogP contribution in [0.3, 0.4) is 0 Å². The minimum absolute atomic E-state index is 0.0867. The van der Waals surface area contributed by atoms with Gasteiger partial charge in [-0.15, -0.1) is 0 Å². The first-order valence-electron chi connectivity index (χ1n) is 4.36. The molecule has 1 rings (SSSR count). The van der Waals surface area contributed by atoms with Crippen LogP contribution >= 0.6 is 0 Å². The summed E-state index contributed by atoms with van der Waals surface area (Å²) in [5.41, 5.74) is 2.78. The molecule has 0 heterocycles. The molecule has 0 aliphatic heterocycles. The number of carbonyl (C=O) groups excluding carboxylic acids is 1. The molecule has 6 nitrogen and oxygen atoms in total. The maximum absolute atomic E-state index is 11.5. The summed E-state index contributed by atoms with van der Waals surface area (Å²) in [7, 11) is 3.49. The SMILES string of the molecule is C[NH+](C)NC(=O)c1cccc([N+](=O)[O-])c1. The number of nitrogens with zero attached hydrogens (tertiary/aromatic N) is 1. The van der Waals surface area contributed by atoms with Gasteiger partial charge in [-0.3, -0.25) is 14.9 Å². The number of hydrogen-bond donors (Lipinski definition) is 2. The van der Waals surface area contributed by atoms with Crippen molar-refractivity contribution < 1.29 is 14.7 Å². The van der Waals surface area contributed by atoms with Crippen molar-refractivity contribution >= 4 is 11.6 Å². The highest BCUT2D eigenvalue weighted by Gasteiger charge is 2.12. The van der Waals surface area contributed by atoms with Crippen LogP contribution in [0.2, 0.25) is 0 Å². The number of amides is 1. The summed E-state index contributed by atoms with van der Waals surface area (Å²) in [6, 6.07) is 5.61. The first kappa shape index (κ1) is 11.1. The van der Waals surface area contributed by atoms with Gasteiger partial charge in [0.05, 0.1) is 24.6 Å². The van der Waals surface area contributed by atoms with E-state index < -0.39 is 4.92 Å². The second-order valence-electron chi connectivity index (χ2n) is 3.26. The zero-order valence-electron chi connectivity index (χ0n) is 8.48. The number of quaternary nitrogens is 1. The minimum atomic E-state index is -0.528. The van der Waals surface area contributed by atoms with Gasteiger partial charge in [-0.25, -0.2) is 5.01 Å². The van der Waals surface area contributed by atoms with E-state index in [1.807, 2.05) is 0 Å². The van der Waals surface area contributed by atoms with Gasteiger partial charge in [0.25, 0.3) is 11.6 Å². The van der Waals surface area contributed by atoms with Gasteiger partial charge in [0.2, 0.25) is 0 Å². The van der Waals surface area contributed by atoms with Gasteiger partial charge in [0, 0.05) is 12.1 Å². The summed E-state index contributed by atoms with van der Waals surface area (Å²) in [6.45, 7) is 0. The molecule has 0 radical (unpaired) electrons. The summed E-state index contributed by atoms with van der Waals surface area (Å²) in [4.78, 5) is 21.4. The van der Waals surface area contributed by atoms with Gasteiger partial charge in [0.1, 0.15) is 0 Å². The lowest BCUT2D eigenvalue weighted by atomic mass is 10.2. The molecule has 2 N–H and O–H groups in total. The number of rotatable bonds is 3. The van der Waals surface area contributed by atoms with E-state index in [1.54, 1.807) is 14.1 Å². The highest BCUT2D eigenvalue weighted by molar-refractivity contribution is 5.93. The van der Waals surface area contributed by atoms with Gasteiger partial charge in [-0.2, -0.15) is 5.43 Å². The van der Waals surface area contributed by atoms with Gasteiger partial charge in [0.15, 0.2) is 0 Å². The Labute approximate surface area is 86.6 Å². The first-order valence-corrected chi connectivity index (χ1v) is 4.36. The number of carbonyl (C=O) groups is 1. The average molecular weight is 210 g/mol. The molecule has 0 saturated heterocycles. The van der Waals surface area contributed by atoms with Crippen molar-refractivity contribution in [1.29, 1.82) is 0 Å². The summed E-state index contributed by atoms with van der Waals surface area (Å²) in [5, 5.41) is 11.2. The molecule has 0 bridgehead atoms. The lowest BCUT2D eigenvalue weighted by molar-refractivity contribution is -0.895. The van der Waals surface area contributed by atoms with Crippen LogP contribution in [0.4, 0.5) is 5.69 Å². The standard InChI is InChI=1S/C9H11N3O3/c1-11(2)10-9(13)7-4-3-5-8(6-7)12(14)15/h3-6H,1-2H3,(H,10,13)/p+1. The van der Waals surface area contributed by atoms with Crippen LogP contribution in [0.5, 0.6) is 0 Å². The lowest BCUT2D eigenvalue weighted by Crippen LogP contribution is -3.13. The number of hydrogen-bond acceptors (Lipinski definition) is 3. The molecule has 0 unspecified atom stereocenters. The lowest BCUT2D eigenvalue weighted by Gasteiger charge is -2.07. The summed E-state index contributed by atoms with van der Waals surface area (Å²) < 4.78 is 0. The van der Waals surface area contributed by atoms with E-state index in [-0.39, 0.29) is 17.2 Å². The predicted octanol–water partition coefficient (Wildman–Crippen LogP) is -0.616. The average Bonchev–Trinajstić information content (AvgIpc) is 2.17. The maximum atomic E-state index is 11.5. The van der Waals surface area contributed by atoms with Crippen molar-refractivity contribution in [3.05, 3.63) is 39.9 Å². The molecule has 0 fully saturated rings. The molecule has 0 aliphatic carbocycles. The second-order valence-corrected chi connectivity index (χ2v) is 3.26. The molecule has 1 aromatic rings. The quantitative estimate of drug-likeness (QED) is 0.516. The van der Waals surface area contributed by atoms with Crippen LogP contribution in [-0.2, 0) is 0 Å². The smallest absolute Gasteiger partial charge is 0.264 e. The number of nitrogens with one attached hydrogen (secondary N) is 2. The molecule has 1 aromatic carbocycles. The fraction of sp³-hybridized carbons (Fsp3) is 0.222. The van der Waals surface area contributed by atoms with E-state index >= 15 is 0 Å². The Balaban J connectivity index is 2.90. The summed E-state index contributed by atoms with van der Waals surface area (Å²) in [6.07, 6.45) is 0. The fourth-order valence-corrected chi connectivity index (χ4v) is 1.06. The number of non-ortho nitro benzene ring substituents is 1. The molecule has 15 heavy (non-hydrogen) atoms. The van der Waals surface area contributed by atoms with Crippen molar-refractivity contribution in [2.24, 2.45) is 0 Å². The third-order valence-electron chi connectivity index (χ3n) is 1.68. The van der Waals surface area contributed by atoms with Crippen LogP contribution in [-0.4, -0.2) is 24.9 Å². The van der Waals surface area contributed by atoms with E-state index in [0.717, 1.165) is 5.01 Å². The van der Waals surface area contributed by atoms with Crippen molar-refractivity contribution in [3.8, 4) is 0 Å². The Kier molecular flexibility index (Phi) is 3.35. The van der Waals surface area contributed by atoms with Crippen LogP contribution in [0.1, 0.15) is 10.4 Å². The Hall–Kier alpha value is -1.95. The molecule has 0 spiro atoms. The van der Waals surface area contributed by atoms with Crippen LogP contribution in [0.25, 0.3) is 0 Å². The zero-order chi connectivity index (χ0) is 11.4. The minimum Gasteiger partial charge on any atom is -0.264 e. The van der Waals surface area contributed by atoms with Crippen LogP contribution in [0, 0.1) is 10.1 Å². The number of benzene rings is 1. The molecule has 80 valence electrons. The second kappa shape index (κ2) is 4.52. The third kappa shape index (κ3) is 3.03. The molecule has 0 saturated carbocycles. The van der Waals surface area contributed by atoms with E-state index in [4.69, 9.17) is 0 Å². The zero-order valence-corrected chi connectivity index (χ0v) is 8.48. The van der Waals surface area contributed by atoms with E-state index in [0.29, 0.717) is 0 Å². The Morgan fingerprint density at radius 1 is 1.47 bits per heavy atom. The summed E-state index contributed by atoms with van der Waals surface area (Å²) >= 11 is 0. The predicted molar refractivity (Wildman–Crippen MR) is 53.4 cm³/mol. The molecule has 0 aliphatic rings. The Morgan fingerprint density at radius 3 is 2.67 bits per heavy atom. The monoisotopic (exact) mass is 210 g/mol. The molecule has 6 heteroatoms. The van der Waals surface area contributed by atoms with Crippen LogP contribution < -0.4 is 10.4 Å². The Bertz CT molecular complexity index is 390. The first-order chi connectivity index (χ1) is 7.00. The molecular formula is C9H12N3O3+. The van der Waals surface area contributed by atoms with Crippen molar-refractivity contribution in [3.63, 3.8) is 0 Å². The number of nitro benzene ring substituents is 1. The van der Waals surface area contributed by atoms with Gasteiger partial charge in [-0.1, -0.05) is 6.07 Å². The number of nitro groups is 1. The highest BCUT2D eigenvalue weighted by Crippen LogP contribution is 2.12. The topological polar surface area (TPSA) is 76.7 Å². The molecule has 1 amide bonds. The summed E-state index contributed by atoms with van der Waals surface area (Å²) in [5.74, 6) is -0.335. The van der Waals surface area contributed by atoms with E-state index in [1.165, 1.54) is 24.3 Å². The highest BCUT2D eigenvalue weighted by atomic mass is 16.6. The molecule has 0 aromatic heterocycles. The van der Waals surface area contributed by atoms with E-state index in [2.05, 4.69) is 5.43 Å². The normalized spacial score (nSPS) is 10.1. The van der Waals surface area contributed by atoms with Gasteiger partial charge < -0.3 is 0 Å². The third-order valence-corrected chi connectivity index (χ3v) is 1.68. The largest absolute Gasteiger partial charge is 0.296 e. The van der Waals surface area contributed by atoms with E-state index in [9.17, 15) is 14.9 Å². The van der Waals surface area contributed by atoms with Crippen LogP contribution in [0.15, 0.2) is 24.3 Å². The fourth-order valence-electron chi connectivity index (χ4n) is 1.06.